The minimum atomic E-state index is -0.530. The molecule has 1 amide bonds. The molecule has 7 nitrogen and oxygen atoms in total. The van der Waals surface area contributed by atoms with Crippen molar-refractivity contribution in [2.24, 2.45) is 0 Å². The number of nitro groups is 1. The lowest BCUT2D eigenvalue weighted by Crippen LogP contribution is -2.24. The van der Waals surface area contributed by atoms with Gasteiger partial charge in [0.05, 0.1) is 10.5 Å². The Morgan fingerprint density at radius 2 is 2.04 bits per heavy atom. The predicted molar refractivity (Wildman–Crippen MR) is 98.4 cm³/mol. The smallest absolute Gasteiger partial charge is 0.407 e. The van der Waals surface area contributed by atoms with Crippen molar-refractivity contribution < 1.29 is 14.5 Å². The number of aryl methyl sites for hydroxylation is 1. The Bertz CT molecular complexity index is 854. The van der Waals surface area contributed by atoms with Crippen molar-refractivity contribution in [1.82, 2.24) is 5.32 Å². The highest BCUT2D eigenvalue weighted by Gasteiger charge is 2.14. The Morgan fingerprint density at radius 1 is 1.31 bits per heavy atom. The summed E-state index contributed by atoms with van der Waals surface area (Å²) in [4.78, 5) is 22.0. The Hall–Kier alpha value is -3.53. The van der Waals surface area contributed by atoms with E-state index < -0.39 is 11.0 Å². The molecule has 2 aromatic rings. The van der Waals surface area contributed by atoms with E-state index in [1.54, 1.807) is 13.0 Å². The number of alkyl carbamates (subject to hydrolysis) is 1. The zero-order chi connectivity index (χ0) is 18.9. The molecule has 7 heteroatoms. The van der Waals surface area contributed by atoms with Crippen LogP contribution in [0.3, 0.4) is 0 Å². The van der Waals surface area contributed by atoms with Crippen molar-refractivity contribution in [2.45, 2.75) is 20.0 Å². The van der Waals surface area contributed by atoms with E-state index in [-0.39, 0.29) is 18.0 Å². The van der Waals surface area contributed by atoms with Gasteiger partial charge in [-0.1, -0.05) is 42.2 Å². The molecule has 0 aliphatic carbocycles. The lowest BCUT2D eigenvalue weighted by atomic mass is 10.1. The van der Waals surface area contributed by atoms with E-state index in [4.69, 9.17) is 10.5 Å². The van der Waals surface area contributed by atoms with E-state index in [0.717, 1.165) is 5.56 Å². The van der Waals surface area contributed by atoms with Crippen molar-refractivity contribution >= 4 is 17.5 Å². The first-order chi connectivity index (χ1) is 12.5. The molecular formula is C19H19N3O4. The third-order valence-corrected chi connectivity index (χ3v) is 3.45. The molecule has 0 aliphatic rings. The van der Waals surface area contributed by atoms with Crippen molar-refractivity contribution in [2.75, 3.05) is 12.3 Å². The second-order valence-electron chi connectivity index (χ2n) is 5.54. The maximum absolute atomic E-state index is 11.6. The molecule has 0 aliphatic heterocycles. The van der Waals surface area contributed by atoms with Gasteiger partial charge in [0.25, 0.3) is 5.69 Å². The standard InChI is InChI=1S/C19H19N3O4/c1-14-11-16(18(20)17(12-14)22(24)25)9-5-6-10-21-19(23)26-13-15-7-3-2-4-8-15/h2-4,7-8,11-12H,6,10,13,20H2,1H3,(H,21,23). The number of nitrogens with one attached hydrogen (secondary N) is 1. The Kier molecular flexibility index (Phi) is 6.57. The predicted octanol–water partition coefficient (Wildman–Crippen LogP) is 3.15. The second-order valence-corrected chi connectivity index (χ2v) is 5.54. The molecular weight excluding hydrogens is 334 g/mol. The Morgan fingerprint density at radius 3 is 2.73 bits per heavy atom. The number of nitro benzene ring substituents is 1. The second kappa shape index (κ2) is 9.08. The molecule has 0 aromatic heterocycles. The molecule has 2 rings (SSSR count). The van der Waals surface area contributed by atoms with Crippen molar-refractivity contribution in [3.8, 4) is 11.8 Å². The van der Waals surface area contributed by atoms with Crippen LogP contribution in [-0.2, 0) is 11.3 Å². The van der Waals surface area contributed by atoms with Gasteiger partial charge in [-0.15, -0.1) is 0 Å². The summed E-state index contributed by atoms with van der Waals surface area (Å²) < 4.78 is 5.08. The van der Waals surface area contributed by atoms with E-state index in [1.165, 1.54) is 6.07 Å². The van der Waals surface area contributed by atoms with Gasteiger partial charge in [-0.25, -0.2) is 4.79 Å². The summed E-state index contributed by atoms with van der Waals surface area (Å²) in [6.07, 6.45) is -0.164. The monoisotopic (exact) mass is 353 g/mol. The number of carbonyl (C=O) groups excluding carboxylic acids is 1. The highest BCUT2D eigenvalue weighted by Crippen LogP contribution is 2.26. The van der Waals surface area contributed by atoms with E-state index in [1.807, 2.05) is 30.3 Å². The molecule has 134 valence electrons. The molecule has 0 saturated carbocycles. The fraction of sp³-hybridized carbons (Fsp3) is 0.211. The number of carbonyl (C=O) groups is 1. The summed E-state index contributed by atoms with van der Waals surface area (Å²) in [6.45, 7) is 2.23. The highest BCUT2D eigenvalue weighted by molar-refractivity contribution is 5.69. The van der Waals surface area contributed by atoms with E-state index in [2.05, 4.69) is 17.2 Å². The van der Waals surface area contributed by atoms with Crippen LogP contribution in [0.1, 0.15) is 23.1 Å². The Labute approximate surface area is 151 Å². The van der Waals surface area contributed by atoms with Gasteiger partial charge in [0.1, 0.15) is 12.3 Å². The van der Waals surface area contributed by atoms with Gasteiger partial charge in [0.2, 0.25) is 0 Å². The number of ether oxygens (including phenoxy) is 1. The summed E-state index contributed by atoms with van der Waals surface area (Å²) in [6, 6.07) is 12.5. The average Bonchev–Trinajstić information content (AvgIpc) is 2.62. The maximum atomic E-state index is 11.6. The first-order valence-electron chi connectivity index (χ1n) is 7.95. The van der Waals surface area contributed by atoms with Gasteiger partial charge in [-0.2, -0.15) is 0 Å². The van der Waals surface area contributed by atoms with Crippen LogP contribution in [-0.4, -0.2) is 17.6 Å². The quantitative estimate of drug-likeness (QED) is 0.282. The lowest BCUT2D eigenvalue weighted by molar-refractivity contribution is -0.384. The van der Waals surface area contributed by atoms with Crippen LogP contribution in [0.2, 0.25) is 0 Å². The topological polar surface area (TPSA) is 107 Å². The molecule has 0 bridgehead atoms. The summed E-state index contributed by atoms with van der Waals surface area (Å²) in [7, 11) is 0. The SMILES string of the molecule is Cc1cc(C#CCCNC(=O)OCc2ccccc2)c(N)c([N+](=O)[O-])c1. The van der Waals surface area contributed by atoms with E-state index in [9.17, 15) is 14.9 Å². The lowest BCUT2D eigenvalue weighted by Gasteiger charge is -2.05. The normalized spacial score (nSPS) is 9.73. The highest BCUT2D eigenvalue weighted by atomic mass is 16.6. The molecule has 0 spiro atoms. The zero-order valence-electron chi connectivity index (χ0n) is 14.3. The molecule has 0 saturated heterocycles. The largest absolute Gasteiger partial charge is 0.445 e. The summed E-state index contributed by atoms with van der Waals surface area (Å²) in [5.74, 6) is 5.65. The first kappa shape index (κ1) is 18.8. The first-order valence-corrected chi connectivity index (χ1v) is 7.95. The van der Waals surface area contributed by atoms with Crippen molar-refractivity contribution in [3.63, 3.8) is 0 Å². The van der Waals surface area contributed by atoms with Crippen LogP contribution in [0.4, 0.5) is 16.2 Å². The molecule has 0 fully saturated rings. The fourth-order valence-electron chi connectivity index (χ4n) is 2.19. The maximum Gasteiger partial charge on any atom is 0.407 e. The third kappa shape index (κ3) is 5.53. The fourth-order valence-corrected chi connectivity index (χ4v) is 2.19. The zero-order valence-corrected chi connectivity index (χ0v) is 14.3. The minimum absolute atomic E-state index is 0.0448. The molecule has 26 heavy (non-hydrogen) atoms. The number of nitrogen functional groups attached to an aromatic ring is 1. The van der Waals surface area contributed by atoms with Gasteiger partial charge in [-0.3, -0.25) is 10.1 Å². The van der Waals surface area contributed by atoms with Crippen LogP contribution in [0, 0.1) is 28.9 Å². The third-order valence-electron chi connectivity index (χ3n) is 3.45. The Balaban J connectivity index is 1.82. The minimum Gasteiger partial charge on any atom is -0.445 e. The van der Waals surface area contributed by atoms with Crippen molar-refractivity contribution in [3.05, 3.63) is 69.3 Å². The van der Waals surface area contributed by atoms with Crippen LogP contribution in [0.25, 0.3) is 0 Å². The van der Waals surface area contributed by atoms with E-state index in [0.29, 0.717) is 24.1 Å². The van der Waals surface area contributed by atoms with Gasteiger partial charge in [0, 0.05) is 19.0 Å². The number of hydrogen-bond donors (Lipinski definition) is 2. The van der Waals surface area contributed by atoms with Gasteiger partial charge >= 0.3 is 6.09 Å². The number of amides is 1. The molecule has 0 atom stereocenters. The van der Waals surface area contributed by atoms with Gasteiger partial charge in [0.15, 0.2) is 0 Å². The molecule has 2 aromatic carbocycles. The number of nitrogens with two attached hydrogens (primary N) is 1. The van der Waals surface area contributed by atoms with Crippen LogP contribution >= 0.6 is 0 Å². The van der Waals surface area contributed by atoms with Crippen LogP contribution in [0.5, 0.6) is 0 Å². The summed E-state index contributed by atoms with van der Waals surface area (Å²) in [5.41, 5.74) is 7.68. The van der Waals surface area contributed by atoms with Crippen LogP contribution in [0.15, 0.2) is 42.5 Å². The number of benzene rings is 2. The molecule has 0 unspecified atom stereocenters. The van der Waals surface area contributed by atoms with Gasteiger partial charge in [-0.05, 0) is 24.1 Å². The number of nitrogens with zero attached hydrogens (tertiary/aromatic N) is 1. The van der Waals surface area contributed by atoms with E-state index >= 15 is 0 Å². The van der Waals surface area contributed by atoms with Crippen molar-refractivity contribution in [1.29, 1.82) is 0 Å². The molecule has 0 heterocycles. The number of rotatable bonds is 5. The molecule has 0 radical (unpaired) electrons. The number of hydrogen-bond acceptors (Lipinski definition) is 5. The number of anilines is 1. The summed E-state index contributed by atoms with van der Waals surface area (Å²) in [5, 5.41) is 13.5. The summed E-state index contributed by atoms with van der Waals surface area (Å²) >= 11 is 0. The van der Waals surface area contributed by atoms with Crippen LogP contribution < -0.4 is 11.1 Å². The van der Waals surface area contributed by atoms with Gasteiger partial charge < -0.3 is 15.8 Å². The molecule has 3 N–H and O–H groups in total. The average molecular weight is 353 g/mol.